The van der Waals surface area contributed by atoms with Crippen LogP contribution >= 0.6 is 0 Å². The number of allylic oxidation sites excluding steroid dienone is 1. The maximum atomic E-state index is 6.22. The van der Waals surface area contributed by atoms with Crippen molar-refractivity contribution in [2.75, 3.05) is 18.6 Å². The van der Waals surface area contributed by atoms with Gasteiger partial charge in [-0.2, -0.15) is 0 Å². The zero-order valence-corrected chi connectivity index (χ0v) is 16.8. The molecular formula is C24H23N3O2. The first-order chi connectivity index (χ1) is 14.1. The molecule has 3 heterocycles. The van der Waals surface area contributed by atoms with Crippen LogP contribution in [0.15, 0.2) is 78.8 Å². The quantitative estimate of drug-likeness (QED) is 0.614. The van der Waals surface area contributed by atoms with Crippen molar-refractivity contribution in [3.63, 3.8) is 0 Å². The lowest BCUT2D eigenvalue weighted by atomic mass is 10.1. The number of aryl methyl sites for hydroxylation is 2. The highest BCUT2D eigenvalue weighted by molar-refractivity contribution is 5.64. The van der Waals surface area contributed by atoms with Crippen LogP contribution < -0.4 is 14.4 Å². The Morgan fingerprint density at radius 1 is 1.03 bits per heavy atom. The van der Waals surface area contributed by atoms with Gasteiger partial charge < -0.3 is 14.4 Å². The van der Waals surface area contributed by atoms with E-state index in [0.717, 1.165) is 46.4 Å². The highest BCUT2D eigenvalue weighted by Crippen LogP contribution is 2.31. The van der Waals surface area contributed by atoms with Gasteiger partial charge in [-0.25, -0.2) is 4.98 Å². The van der Waals surface area contributed by atoms with E-state index in [1.54, 1.807) is 13.3 Å². The summed E-state index contributed by atoms with van der Waals surface area (Å²) in [5, 5.41) is 0. The van der Waals surface area contributed by atoms with E-state index in [1.165, 1.54) is 0 Å². The smallest absolute Gasteiger partial charge is 0.155 e. The summed E-state index contributed by atoms with van der Waals surface area (Å²) in [6.45, 7) is 4.75. The molecule has 2 aromatic heterocycles. The van der Waals surface area contributed by atoms with E-state index in [2.05, 4.69) is 16.0 Å². The number of hydrogen-bond acceptors (Lipinski definition) is 5. The maximum absolute atomic E-state index is 6.22. The zero-order valence-electron chi connectivity index (χ0n) is 16.8. The molecule has 3 aromatic rings. The number of hydrogen-bond donors (Lipinski definition) is 0. The third-order valence-corrected chi connectivity index (χ3v) is 4.88. The van der Waals surface area contributed by atoms with E-state index in [1.807, 2.05) is 74.7 Å². The minimum Gasteiger partial charge on any atom is -0.497 e. The van der Waals surface area contributed by atoms with Gasteiger partial charge in [-0.05, 0) is 74.0 Å². The van der Waals surface area contributed by atoms with Crippen LogP contribution in [0, 0.1) is 13.8 Å². The van der Waals surface area contributed by atoms with E-state index in [9.17, 15) is 0 Å². The summed E-state index contributed by atoms with van der Waals surface area (Å²) in [7, 11) is 1.67. The lowest BCUT2D eigenvalue weighted by Crippen LogP contribution is -2.19. The molecule has 0 amide bonds. The molecule has 0 radical (unpaired) electrons. The number of methoxy groups -OCH3 is 1. The number of nitrogens with zero attached hydrogens (tertiary/aromatic N) is 3. The van der Waals surface area contributed by atoms with Crippen LogP contribution in [0.4, 0.5) is 5.69 Å². The summed E-state index contributed by atoms with van der Waals surface area (Å²) < 4.78 is 11.4. The van der Waals surface area contributed by atoms with Crippen molar-refractivity contribution >= 4 is 5.69 Å². The Hall–Kier alpha value is -3.60. The summed E-state index contributed by atoms with van der Waals surface area (Å²) in [5.74, 6) is 2.34. The summed E-state index contributed by atoms with van der Waals surface area (Å²) in [5.41, 5.74) is 4.70. The molecular weight excluding hydrogens is 362 g/mol. The zero-order chi connectivity index (χ0) is 20.2. The van der Waals surface area contributed by atoms with Crippen molar-refractivity contribution in [1.29, 1.82) is 0 Å². The second-order valence-electron chi connectivity index (χ2n) is 6.83. The fourth-order valence-corrected chi connectivity index (χ4v) is 3.09. The maximum Gasteiger partial charge on any atom is 0.155 e. The second kappa shape index (κ2) is 8.19. The van der Waals surface area contributed by atoms with Gasteiger partial charge >= 0.3 is 0 Å². The van der Waals surface area contributed by atoms with Gasteiger partial charge in [0.25, 0.3) is 0 Å². The molecule has 29 heavy (non-hydrogen) atoms. The molecule has 0 bridgehead atoms. The lowest BCUT2D eigenvalue weighted by molar-refractivity contribution is 0.415. The molecule has 0 saturated heterocycles. The highest BCUT2D eigenvalue weighted by atomic mass is 16.5. The fraction of sp³-hybridized carbons (Fsp3) is 0.167. The molecule has 0 aliphatic carbocycles. The fourth-order valence-electron chi connectivity index (χ4n) is 3.09. The summed E-state index contributed by atoms with van der Waals surface area (Å²) in [4.78, 5) is 11.3. The minimum atomic E-state index is 0.709. The van der Waals surface area contributed by atoms with E-state index in [4.69, 9.17) is 14.5 Å². The molecule has 5 nitrogen and oxygen atoms in total. The predicted octanol–water partition coefficient (Wildman–Crippen LogP) is 5.07. The van der Waals surface area contributed by atoms with Crippen LogP contribution in [0.5, 0.6) is 11.5 Å². The highest BCUT2D eigenvalue weighted by Gasteiger charge is 2.15. The number of ether oxygens (including phenoxy) is 2. The van der Waals surface area contributed by atoms with E-state index >= 15 is 0 Å². The average Bonchev–Trinajstić information content (AvgIpc) is 2.77. The van der Waals surface area contributed by atoms with Gasteiger partial charge in [0.05, 0.1) is 12.8 Å². The Labute approximate surface area is 171 Å². The Balaban J connectivity index is 1.55. The molecule has 1 aliphatic heterocycles. The predicted molar refractivity (Wildman–Crippen MR) is 115 cm³/mol. The van der Waals surface area contributed by atoms with E-state index in [0.29, 0.717) is 5.75 Å². The van der Waals surface area contributed by atoms with Gasteiger partial charge in [0.15, 0.2) is 5.75 Å². The Morgan fingerprint density at radius 3 is 2.52 bits per heavy atom. The molecule has 146 valence electrons. The van der Waals surface area contributed by atoms with Crippen molar-refractivity contribution in [3.8, 4) is 22.9 Å². The second-order valence-corrected chi connectivity index (χ2v) is 6.83. The molecule has 0 saturated carbocycles. The molecule has 0 atom stereocenters. The Morgan fingerprint density at radius 2 is 1.86 bits per heavy atom. The van der Waals surface area contributed by atoms with Gasteiger partial charge in [-0.3, -0.25) is 4.98 Å². The summed E-state index contributed by atoms with van der Waals surface area (Å²) in [6.07, 6.45) is 7.81. The first-order valence-electron chi connectivity index (χ1n) is 9.50. The van der Waals surface area contributed by atoms with Crippen LogP contribution in [0.3, 0.4) is 0 Å². The number of anilines is 1. The SMILES string of the molecule is COc1ccc(N2C=CC(Oc3cc(C)c(C)nc3-c3ccccn3)=CC2)cc1. The third-order valence-electron chi connectivity index (χ3n) is 4.88. The summed E-state index contributed by atoms with van der Waals surface area (Å²) >= 11 is 0. The van der Waals surface area contributed by atoms with Crippen molar-refractivity contribution in [3.05, 3.63) is 90.1 Å². The number of pyridine rings is 2. The topological polar surface area (TPSA) is 47.5 Å². The molecule has 1 aromatic carbocycles. The standard InChI is InChI=1S/C24H23N3O2/c1-17-16-23(24(26-18(17)2)22-6-4-5-13-25-22)29-21-11-14-27(15-12-21)19-7-9-20(28-3)10-8-19/h4-14,16H,15H2,1-3H3. The van der Waals surface area contributed by atoms with Crippen molar-refractivity contribution in [1.82, 2.24) is 9.97 Å². The van der Waals surface area contributed by atoms with E-state index < -0.39 is 0 Å². The van der Waals surface area contributed by atoms with Crippen LogP contribution in [-0.4, -0.2) is 23.6 Å². The van der Waals surface area contributed by atoms with E-state index in [-0.39, 0.29) is 0 Å². The molecule has 0 N–H and O–H groups in total. The van der Waals surface area contributed by atoms with Gasteiger partial charge in [0.2, 0.25) is 0 Å². The Bertz CT molecular complexity index is 1060. The van der Waals surface area contributed by atoms with Gasteiger partial charge in [0, 0.05) is 30.3 Å². The van der Waals surface area contributed by atoms with Gasteiger partial charge in [-0.15, -0.1) is 0 Å². The van der Waals surface area contributed by atoms with Crippen LogP contribution in [0.25, 0.3) is 11.4 Å². The number of benzene rings is 1. The van der Waals surface area contributed by atoms with Crippen LogP contribution in [-0.2, 0) is 0 Å². The number of rotatable bonds is 5. The molecule has 1 aliphatic rings. The molecule has 0 fully saturated rings. The average molecular weight is 385 g/mol. The van der Waals surface area contributed by atoms with Crippen molar-refractivity contribution in [2.24, 2.45) is 0 Å². The van der Waals surface area contributed by atoms with Crippen LogP contribution in [0.2, 0.25) is 0 Å². The monoisotopic (exact) mass is 385 g/mol. The third kappa shape index (κ3) is 4.14. The van der Waals surface area contributed by atoms with Gasteiger partial charge in [0.1, 0.15) is 17.2 Å². The first kappa shape index (κ1) is 18.7. The molecule has 0 spiro atoms. The summed E-state index contributed by atoms with van der Waals surface area (Å²) in [6, 6.07) is 15.8. The molecule has 4 rings (SSSR count). The largest absolute Gasteiger partial charge is 0.497 e. The van der Waals surface area contributed by atoms with Crippen molar-refractivity contribution < 1.29 is 9.47 Å². The normalized spacial score (nSPS) is 13.2. The number of aromatic nitrogens is 2. The lowest BCUT2D eigenvalue weighted by Gasteiger charge is -2.23. The molecule has 5 heteroatoms. The molecule has 0 unspecified atom stereocenters. The Kier molecular flexibility index (Phi) is 5.29. The van der Waals surface area contributed by atoms with Crippen LogP contribution in [0.1, 0.15) is 11.3 Å². The van der Waals surface area contributed by atoms with Crippen molar-refractivity contribution in [2.45, 2.75) is 13.8 Å². The first-order valence-corrected chi connectivity index (χ1v) is 9.50. The van der Waals surface area contributed by atoms with Gasteiger partial charge in [-0.1, -0.05) is 6.07 Å². The minimum absolute atomic E-state index is 0.709.